The maximum Gasteiger partial charge on any atom is 0.239 e. The lowest BCUT2D eigenvalue weighted by Gasteiger charge is -2.07. The van der Waals surface area contributed by atoms with Crippen LogP contribution < -0.4 is 5.32 Å². The highest BCUT2D eigenvalue weighted by Crippen LogP contribution is 2.25. The van der Waals surface area contributed by atoms with Gasteiger partial charge in [0.1, 0.15) is 0 Å². The van der Waals surface area contributed by atoms with Crippen molar-refractivity contribution >= 4 is 22.8 Å². The SMILES string of the molecule is C=CCN=C1NC(=O)C(C(C)C)S1. The van der Waals surface area contributed by atoms with Crippen molar-refractivity contribution < 1.29 is 4.79 Å². The van der Waals surface area contributed by atoms with E-state index in [-0.39, 0.29) is 11.2 Å². The van der Waals surface area contributed by atoms with Crippen molar-refractivity contribution in [3.8, 4) is 0 Å². The Kier molecular flexibility index (Phi) is 3.54. The van der Waals surface area contributed by atoms with Gasteiger partial charge in [-0.05, 0) is 5.92 Å². The van der Waals surface area contributed by atoms with E-state index in [0.717, 1.165) is 5.17 Å². The van der Waals surface area contributed by atoms with E-state index in [4.69, 9.17) is 0 Å². The standard InChI is InChI=1S/C9H14N2OS/c1-4-5-10-9-11-8(12)7(13-9)6(2)3/h4,6-7H,1,5H2,2-3H3,(H,10,11,12). The fourth-order valence-electron chi connectivity index (χ4n) is 1.04. The molecular formula is C9H14N2OS. The number of amides is 1. The van der Waals surface area contributed by atoms with Crippen molar-refractivity contribution in [3.63, 3.8) is 0 Å². The van der Waals surface area contributed by atoms with Gasteiger partial charge < -0.3 is 5.32 Å². The lowest BCUT2D eigenvalue weighted by molar-refractivity contribution is -0.119. The van der Waals surface area contributed by atoms with Crippen molar-refractivity contribution in [1.82, 2.24) is 5.32 Å². The van der Waals surface area contributed by atoms with E-state index in [1.54, 1.807) is 6.08 Å². The minimum atomic E-state index is 0.0172. The number of nitrogens with one attached hydrogen (secondary N) is 1. The van der Waals surface area contributed by atoms with Crippen molar-refractivity contribution in [3.05, 3.63) is 12.7 Å². The Labute approximate surface area is 82.7 Å². The molecule has 0 aromatic heterocycles. The maximum absolute atomic E-state index is 11.4. The van der Waals surface area contributed by atoms with Crippen LogP contribution in [0.25, 0.3) is 0 Å². The second-order valence-corrected chi connectivity index (χ2v) is 4.34. The third-order valence-corrected chi connectivity index (χ3v) is 3.16. The number of rotatable bonds is 3. The molecule has 0 aliphatic carbocycles. The van der Waals surface area contributed by atoms with E-state index < -0.39 is 0 Å². The van der Waals surface area contributed by atoms with Crippen LogP contribution in [0.4, 0.5) is 0 Å². The van der Waals surface area contributed by atoms with Gasteiger partial charge in [-0.1, -0.05) is 31.7 Å². The monoisotopic (exact) mass is 198 g/mol. The van der Waals surface area contributed by atoms with Gasteiger partial charge in [-0.3, -0.25) is 9.79 Å². The van der Waals surface area contributed by atoms with Gasteiger partial charge in [-0.25, -0.2) is 0 Å². The van der Waals surface area contributed by atoms with Gasteiger partial charge in [-0.15, -0.1) is 6.58 Å². The molecule has 0 bridgehead atoms. The molecule has 1 unspecified atom stereocenters. The number of thioether (sulfide) groups is 1. The molecule has 1 aliphatic heterocycles. The summed E-state index contributed by atoms with van der Waals surface area (Å²) in [5.41, 5.74) is 0. The van der Waals surface area contributed by atoms with Crippen LogP contribution in [0.2, 0.25) is 0 Å². The lowest BCUT2D eigenvalue weighted by atomic mass is 10.1. The predicted octanol–water partition coefficient (Wildman–Crippen LogP) is 1.42. The van der Waals surface area contributed by atoms with Crippen LogP contribution >= 0.6 is 11.8 Å². The second-order valence-electron chi connectivity index (χ2n) is 3.21. The summed E-state index contributed by atoms with van der Waals surface area (Å²) in [6.07, 6.45) is 1.71. The van der Waals surface area contributed by atoms with E-state index >= 15 is 0 Å². The molecule has 3 nitrogen and oxygen atoms in total. The van der Waals surface area contributed by atoms with Crippen LogP contribution in [0.5, 0.6) is 0 Å². The third kappa shape index (κ3) is 2.59. The molecule has 13 heavy (non-hydrogen) atoms. The molecule has 1 N–H and O–H groups in total. The molecule has 1 atom stereocenters. The predicted molar refractivity (Wildman–Crippen MR) is 56.9 cm³/mol. The van der Waals surface area contributed by atoms with Gasteiger partial charge in [0, 0.05) is 0 Å². The molecule has 0 aromatic rings. The van der Waals surface area contributed by atoms with Crippen LogP contribution in [-0.2, 0) is 4.79 Å². The number of hydrogen-bond acceptors (Lipinski definition) is 3. The highest BCUT2D eigenvalue weighted by atomic mass is 32.2. The number of nitrogens with zero attached hydrogens (tertiary/aromatic N) is 1. The van der Waals surface area contributed by atoms with Gasteiger partial charge in [0.05, 0.1) is 11.8 Å². The van der Waals surface area contributed by atoms with Gasteiger partial charge >= 0.3 is 0 Å². The zero-order valence-corrected chi connectivity index (χ0v) is 8.73. The second kappa shape index (κ2) is 4.46. The first kappa shape index (κ1) is 10.3. The smallest absolute Gasteiger partial charge is 0.239 e. The van der Waals surface area contributed by atoms with Gasteiger partial charge in [0.25, 0.3) is 0 Å². The summed E-state index contributed by atoms with van der Waals surface area (Å²) in [6.45, 7) is 8.20. The number of carbonyl (C=O) groups excluding carboxylic acids is 1. The van der Waals surface area contributed by atoms with Crippen LogP contribution in [0.15, 0.2) is 17.6 Å². The van der Waals surface area contributed by atoms with E-state index in [1.807, 2.05) is 13.8 Å². The first-order valence-electron chi connectivity index (χ1n) is 4.28. The zero-order valence-electron chi connectivity index (χ0n) is 7.91. The zero-order chi connectivity index (χ0) is 9.84. The molecule has 1 amide bonds. The first-order chi connectivity index (χ1) is 6.15. The van der Waals surface area contributed by atoms with Crippen molar-refractivity contribution in [1.29, 1.82) is 0 Å². The molecule has 1 aliphatic rings. The highest BCUT2D eigenvalue weighted by Gasteiger charge is 2.32. The summed E-state index contributed by atoms with van der Waals surface area (Å²) in [7, 11) is 0. The van der Waals surface area contributed by atoms with E-state index in [2.05, 4.69) is 16.9 Å². The summed E-state index contributed by atoms with van der Waals surface area (Å²) in [5.74, 6) is 0.421. The summed E-state index contributed by atoms with van der Waals surface area (Å²) >= 11 is 1.51. The Hall–Kier alpha value is -0.770. The Balaban J connectivity index is 2.59. The molecule has 1 saturated heterocycles. The molecule has 4 heteroatoms. The molecule has 1 rings (SSSR count). The molecule has 0 radical (unpaired) electrons. The van der Waals surface area contributed by atoms with Crippen LogP contribution in [0.3, 0.4) is 0 Å². The average Bonchev–Trinajstić information content (AvgIpc) is 2.43. The Morgan fingerprint density at radius 2 is 2.46 bits per heavy atom. The number of carbonyl (C=O) groups is 1. The summed E-state index contributed by atoms with van der Waals surface area (Å²) in [6, 6.07) is 0. The molecular weight excluding hydrogens is 184 g/mol. The van der Waals surface area contributed by atoms with E-state index in [0.29, 0.717) is 12.5 Å². The van der Waals surface area contributed by atoms with E-state index in [1.165, 1.54) is 11.8 Å². The van der Waals surface area contributed by atoms with Crippen molar-refractivity contribution in [2.75, 3.05) is 6.54 Å². The van der Waals surface area contributed by atoms with Crippen LogP contribution in [0.1, 0.15) is 13.8 Å². The Morgan fingerprint density at radius 3 is 2.92 bits per heavy atom. The quantitative estimate of drug-likeness (QED) is 0.697. The Morgan fingerprint density at radius 1 is 1.77 bits per heavy atom. The van der Waals surface area contributed by atoms with Crippen LogP contribution in [-0.4, -0.2) is 22.9 Å². The van der Waals surface area contributed by atoms with Gasteiger partial charge in [-0.2, -0.15) is 0 Å². The topological polar surface area (TPSA) is 41.5 Å². The molecule has 0 saturated carbocycles. The lowest BCUT2D eigenvalue weighted by Crippen LogP contribution is -2.27. The maximum atomic E-state index is 11.4. The van der Waals surface area contributed by atoms with Crippen molar-refractivity contribution in [2.45, 2.75) is 19.1 Å². The largest absolute Gasteiger partial charge is 0.304 e. The van der Waals surface area contributed by atoms with Gasteiger partial charge in [0.2, 0.25) is 5.91 Å². The number of aliphatic imine (C=N–C) groups is 1. The van der Waals surface area contributed by atoms with E-state index in [9.17, 15) is 4.79 Å². The van der Waals surface area contributed by atoms with Crippen molar-refractivity contribution in [2.24, 2.45) is 10.9 Å². The minimum Gasteiger partial charge on any atom is -0.304 e. The fourth-order valence-corrected chi connectivity index (χ4v) is 2.03. The first-order valence-corrected chi connectivity index (χ1v) is 5.16. The fraction of sp³-hybridized carbons (Fsp3) is 0.556. The molecule has 1 heterocycles. The Bertz CT molecular complexity index is 248. The summed E-state index contributed by atoms with van der Waals surface area (Å²) in [4.78, 5) is 15.5. The molecule has 72 valence electrons. The molecule has 0 aromatic carbocycles. The van der Waals surface area contributed by atoms with Crippen LogP contribution in [0, 0.1) is 5.92 Å². The number of hydrogen-bond donors (Lipinski definition) is 1. The number of amidine groups is 1. The highest BCUT2D eigenvalue weighted by molar-refractivity contribution is 8.15. The summed E-state index contributed by atoms with van der Waals surface area (Å²) < 4.78 is 0. The molecule has 0 spiro atoms. The summed E-state index contributed by atoms with van der Waals surface area (Å²) in [5, 5.41) is 3.49. The van der Waals surface area contributed by atoms with Gasteiger partial charge in [0.15, 0.2) is 5.17 Å². The third-order valence-electron chi connectivity index (χ3n) is 1.70. The average molecular weight is 198 g/mol. The minimum absolute atomic E-state index is 0.0172. The normalized spacial score (nSPS) is 25.3. The molecule has 1 fully saturated rings.